The summed E-state index contributed by atoms with van der Waals surface area (Å²) in [5, 5.41) is 2.31. The van der Waals surface area contributed by atoms with Crippen molar-refractivity contribution < 1.29 is 31.1 Å². The zero-order valence-corrected chi connectivity index (χ0v) is 11.8. The summed E-state index contributed by atoms with van der Waals surface area (Å²) in [5.74, 6) is -1.57. The summed E-state index contributed by atoms with van der Waals surface area (Å²) in [4.78, 5) is 13.0. The molecule has 1 aliphatic heterocycles. The summed E-state index contributed by atoms with van der Waals surface area (Å²) in [7, 11) is 0. The number of likely N-dealkylation sites (tertiary alicyclic amines) is 1. The van der Waals surface area contributed by atoms with Crippen molar-refractivity contribution in [1.29, 1.82) is 0 Å². The maximum atomic E-state index is 12.7. The monoisotopic (exact) mass is 340 g/mol. The molecule has 0 radical (unpaired) electrons. The van der Waals surface area contributed by atoms with Crippen LogP contribution in [-0.4, -0.2) is 30.2 Å². The Kier molecular flexibility index (Phi) is 4.76. The molecule has 0 spiro atoms. The molecule has 1 unspecified atom stereocenters. The second-order valence-electron chi connectivity index (χ2n) is 5.33. The van der Waals surface area contributed by atoms with E-state index in [-0.39, 0.29) is 25.1 Å². The van der Waals surface area contributed by atoms with Crippen LogP contribution in [0.25, 0.3) is 0 Å². The molecule has 1 saturated heterocycles. The van der Waals surface area contributed by atoms with Gasteiger partial charge in [-0.25, -0.2) is 4.79 Å². The number of benzene rings is 1. The summed E-state index contributed by atoms with van der Waals surface area (Å²) in [5.41, 5.74) is -0.775. The lowest BCUT2D eigenvalue weighted by molar-refractivity contribution is -0.183. The van der Waals surface area contributed by atoms with E-state index in [2.05, 4.69) is 5.32 Å². The molecular weight excluding hydrogens is 326 g/mol. The summed E-state index contributed by atoms with van der Waals surface area (Å²) >= 11 is 0. The normalized spacial score (nSPS) is 19.6. The molecule has 1 N–H and O–H groups in total. The Morgan fingerprint density at radius 1 is 1.09 bits per heavy atom. The fourth-order valence-electron chi connectivity index (χ4n) is 2.37. The predicted octanol–water partition coefficient (Wildman–Crippen LogP) is 4.51. The number of halogens is 6. The number of carbonyl (C=O) groups excluding carboxylic acids is 1. The molecule has 1 fully saturated rings. The summed E-state index contributed by atoms with van der Waals surface area (Å²) < 4.78 is 75.4. The molecule has 0 saturated carbocycles. The molecule has 128 valence electrons. The number of nitrogens with one attached hydrogen (secondary N) is 1. The molecule has 1 aliphatic rings. The highest BCUT2D eigenvalue weighted by atomic mass is 19.4. The number of piperidine rings is 1. The van der Waals surface area contributed by atoms with E-state index in [9.17, 15) is 31.1 Å². The number of urea groups is 1. The van der Waals surface area contributed by atoms with Gasteiger partial charge in [-0.05, 0) is 37.1 Å². The minimum absolute atomic E-state index is 0.0342. The Labute approximate surface area is 128 Å². The van der Waals surface area contributed by atoms with Crippen LogP contribution in [0.2, 0.25) is 0 Å². The van der Waals surface area contributed by atoms with Crippen molar-refractivity contribution in [2.75, 3.05) is 18.4 Å². The first-order chi connectivity index (χ1) is 10.6. The van der Waals surface area contributed by atoms with Crippen LogP contribution in [-0.2, 0) is 6.18 Å². The van der Waals surface area contributed by atoms with Crippen LogP contribution in [0.4, 0.5) is 36.8 Å². The molecule has 2 rings (SSSR count). The molecule has 0 aliphatic carbocycles. The smallest absolute Gasteiger partial charge is 0.324 e. The predicted molar refractivity (Wildman–Crippen MR) is 70.8 cm³/mol. The van der Waals surface area contributed by atoms with Crippen molar-refractivity contribution >= 4 is 11.7 Å². The number of hydrogen-bond donors (Lipinski definition) is 1. The van der Waals surface area contributed by atoms with Crippen LogP contribution < -0.4 is 5.32 Å². The number of alkyl halides is 6. The first-order valence-electron chi connectivity index (χ1n) is 6.87. The van der Waals surface area contributed by atoms with E-state index < -0.39 is 36.4 Å². The first kappa shape index (κ1) is 17.4. The van der Waals surface area contributed by atoms with Gasteiger partial charge in [0.25, 0.3) is 0 Å². The lowest BCUT2D eigenvalue weighted by atomic mass is 9.98. The molecular formula is C14H14F6N2O. The zero-order valence-electron chi connectivity index (χ0n) is 11.8. The Balaban J connectivity index is 1.99. The van der Waals surface area contributed by atoms with Gasteiger partial charge in [0.15, 0.2) is 0 Å². The van der Waals surface area contributed by atoms with Crippen molar-refractivity contribution in [2.45, 2.75) is 25.2 Å². The van der Waals surface area contributed by atoms with Crippen LogP contribution in [0.3, 0.4) is 0 Å². The lowest BCUT2D eigenvalue weighted by Gasteiger charge is -2.33. The fraction of sp³-hybridized carbons (Fsp3) is 0.500. The Morgan fingerprint density at radius 3 is 2.22 bits per heavy atom. The van der Waals surface area contributed by atoms with Crippen LogP contribution in [0.5, 0.6) is 0 Å². The van der Waals surface area contributed by atoms with Gasteiger partial charge >= 0.3 is 18.4 Å². The summed E-state index contributed by atoms with van der Waals surface area (Å²) in [6, 6.07) is 2.96. The SMILES string of the molecule is O=C(Nc1ccc(C(F)(F)F)cc1)N1CCCC(C(F)(F)F)C1. The molecule has 9 heteroatoms. The van der Waals surface area contributed by atoms with Crippen LogP contribution in [0, 0.1) is 5.92 Å². The Morgan fingerprint density at radius 2 is 1.70 bits per heavy atom. The van der Waals surface area contributed by atoms with Gasteiger partial charge in [0.2, 0.25) is 0 Å². The molecule has 1 atom stereocenters. The van der Waals surface area contributed by atoms with E-state index in [1.165, 1.54) is 0 Å². The van der Waals surface area contributed by atoms with Gasteiger partial charge < -0.3 is 10.2 Å². The quantitative estimate of drug-likeness (QED) is 0.750. The van der Waals surface area contributed by atoms with Gasteiger partial charge in [0.05, 0.1) is 11.5 Å². The average Bonchev–Trinajstić information content (AvgIpc) is 2.46. The van der Waals surface area contributed by atoms with E-state index >= 15 is 0 Å². The van der Waals surface area contributed by atoms with Crippen molar-refractivity contribution in [3.8, 4) is 0 Å². The maximum absolute atomic E-state index is 12.7. The topological polar surface area (TPSA) is 32.3 Å². The van der Waals surface area contributed by atoms with Crippen molar-refractivity contribution in [3.63, 3.8) is 0 Å². The highest BCUT2D eigenvalue weighted by molar-refractivity contribution is 5.89. The highest BCUT2D eigenvalue weighted by Gasteiger charge is 2.42. The van der Waals surface area contributed by atoms with Gasteiger partial charge in [0.1, 0.15) is 0 Å². The molecule has 23 heavy (non-hydrogen) atoms. The van der Waals surface area contributed by atoms with E-state index in [0.29, 0.717) is 0 Å². The number of amides is 2. The van der Waals surface area contributed by atoms with Crippen LogP contribution >= 0.6 is 0 Å². The van der Waals surface area contributed by atoms with Gasteiger partial charge in [-0.15, -0.1) is 0 Å². The Hall–Kier alpha value is -1.93. The van der Waals surface area contributed by atoms with Crippen molar-refractivity contribution in [2.24, 2.45) is 5.92 Å². The third-order valence-electron chi connectivity index (χ3n) is 3.64. The number of carbonyl (C=O) groups is 1. The molecule has 0 aromatic heterocycles. The summed E-state index contributed by atoms with van der Waals surface area (Å²) in [6.45, 7) is -0.269. The third kappa shape index (κ3) is 4.52. The molecule has 1 aromatic carbocycles. The second kappa shape index (κ2) is 6.29. The largest absolute Gasteiger partial charge is 0.416 e. The fourth-order valence-corrected chi connectivity index (χ4v) is 2.37. The standard InChI is InChI=1S/C14H14F6N2O/c15-13(16,17)9-3-5-11(6-4-9)21-12(23)22-7-1-2-10(8-22)14(18,19)20/h3-6,10H,1-2,7-8H2,(H,21,23). The maximum Gasteiger partial charge on any atom is 0.416 e. The molecule has 1 heterocycles. The van der Waals surface area contributed by atoms with Gasteiger partial charge in [0, 0.05) is 18.8 Å². The summed E-state index contributed by atoms with van der Waals surface area (Å²) in [6.07, 6.45) is -8.67. The van der Waals surface area contributed by atoms with Gasteiger partial charge in [-0.2, -0.15) is 26.3 Å². The number of anilines is 1. The van der Waals surface area contributed by atoms with Gasteiger partial charge in [-0.3, -0.25) is 0 Å². The minimum atomic E-state index is -4.49. The number of hydrogen-bond acceptors (Lipinski definition) is 1. The van der Waals surface area contributed by atoms with Crippen LogP contribution in [0.15, 0.2) is 24.3 Å². The second-order valence-corrected chi connectivity index (χ2v) is 5.33. The zero-order chi connectivity index (χ0) is 17.3. The Bertz CT molecular complexity index is 552. The van der Waals surface area contributed by atoms with Crippen molar-refractivity contribution in [1.82, 2.24) is 4.90 Å². The van der Waals surface area contributed by atoms with E-state index in [1.54, 1.807) is 0 Å². The van der Waals surface area contributed by atoms with E-state index in [1.807, 2.05) is 0 Å². The molecule has 3 nitrogen and oxygen atoms in total. The minimum Gasteiger partial charge on any atom is -0.324 e. The van der Waals surface area contributed by atoms with Crippen LogP contribution in [0.1, 0.15) is 18.4 Å². The molecule has 0 bridgehead atoms. The molecule has 1 aromatic rings. The number of nitrogens with zero attached hydrogens (tertiary/aromatic N) is 1. The first-order valence-corrected chi connectivity index (χ1v) is 6.87. The van der Waals surface area contributed by atoms with Gasteiger partial charge in [-0.1, -0.05) is 0 Å². The third-order valence-corrected chi connectivity index (χ3v) is 3.64. The van der Waals surface area contributed by atoms with E-state index in [4.69, 9.17) is 0 Å². The number of rotatable bonds is 1. The average molecular weight is 340 g/mol. The van der Waals surface area contributed by atoms with E-state index in [0.717, 1.165) is 29.2 Å². The molecule has 2 amide bonds. The highest BCUT2D eigenvalue weighted by Crippen LogP contribution is 2.33. The lowest BCUT2D eigenvalue weighted by Crippen LogP contribution is -2.46. The van der Waals surface area contributed by atoms with Crippen molar-refractivity contribution in [3.05, 3.63) is 29.8 Å².